The molecule has 0 spiro atoms. The Bertz CT molecular complexity index is 867. The van der Waals surface area contributed by atoms with Crippen molar-refractivity contribution in [2.75, 3.05) is 13.8 Å². The molecule has 2 heterocycles. The lowest BCUT2D eigenvalue weighted by Crippen LogP contribution is -2.60. The Morgan fingerprint density at radius 3 is 2.81 bits per heavy atom. The molecule has 3 aliphatic rings. The number of fused-ring (bicyclic) bond motifs is 5. The Kier molecular flexibility index (Phi) is 3.79. The average molecular weight is 420 g/mol. The van der Waals surface area contributed by atoms with Crippen molar-refractivity contribution in [3.63, 3.8) is 0 Å². The van der Waals surface area contributed by atoms with Gasteiger partial charge in [0.2, 0.25) is 11.8 Å². The summed E-state index contributed by atoms with van der Waals surface area (Å²) in [7, 11) is 1.63. The van der Waals surface area contributed by atoms with E-state index in [0.29, 0.717) is 18.6 Å². The Labute approximate surface area is 159 Å². The fourth-order valence-corrected chi connectivity index (χ4v) is 5.23. The number of carbonyl (C=O) groups is 2. The number of hydrogen-bond donors (Lipinski definition) is 1. The molecule has 26 heavy (non-hydrogen) atoms. The van der Waals surface area contributed by atoms with Gasteiger partial charge in [-0.05, 0) is 37.5 Å². The SMILES string of the molecule is CC1C(=O)N2C(C[C@@]3(C#N)Cc4c(OCO)ccc(Br)c4[C@H]23)C(=O)N1C. The van der Waals surface area contributed by atoms with Crippen molar-refractivity contribution >= 4 is 27.7 Å². The molecule has 2 saturated heterocycles. The van der Waals surface area contributed by atoms with Gasteiger partial charge < -0.3 is 19.6 Å². The molecular formula is C18H18BrN3O4. The molecule has 4 atom stereocenters. The van der Waals surface area contributed by atoms with Gasteiger partial charge in [0.1, 0.15) is 17.8 Å². The second-order valence-corrected chi connectivity index (χ2v) is 8.00. The number of aliphatic hydroxyl groups excluding tert-OH is 1. The van der Waals surface area contributed by atoms with Gasteiger partial charge in [0.25, 0.3) is 0 Å². The standard InChI is InChI=1S/C18H18BrN3O4/c1-9-16(24)22-12(17(25)21(9)2)6-18(7-20)5-10-13(26-8-23)4-3-11(19)14(10)15(18)22/h3-4,9,12,15,23H,5-6,8H2,1-2H3/t9?,12?,15-,18+/m0/s1. The fourth-order valence-electron chi connectivity index (χ4n) is 4.64. The van der Waals surface area contributed by atoms with Gasteiger partial charge in [0.15, 0.2) is 6.79 Å². The summed E-state index contributed by atoms with van der Waals surface area (Å²) >= 11 is 3.54. The van der Waals surface area contributed by atoms with Gasteiger partial charge in [0, 0.05) is 17.1 Å². The van der Waals surface area contributed by atoms with Crippen LogP contribution in [0.25, 0.3) is 0 Å². The predicted molar refractivity (Wildman–Crippen MR) is 93.8 cm³/mol. The molecule has 136 valence electrons. The van der Waals surface area contributed by atoms with Crippen molar-refractivity contribution in [3.8, 4) is 11.8 Å². The fraction of sp³-hybridized carbons (Fsp3) is 0.500. The third-order valence-electron chi connectivity index (χ3n) is 5.99. The first kappa shape index (κ1) is 17.3. The van der Waals surface area contributed by atoms with E-state index >= 15 is 0 Å². The van der Waals surface area contributed by atoms with E-state index < -0.39 is 30.3 Å². The Balaban J connectivity index is 1.90. The molecular weight excluding hydrogens is 402 g/mol. The number of benzene rings is 1. The maximum Gasteiger partial charge on any atom is 0.246 e. The number of nitriles is 1. The van der Waals surface area contributed by atoms with Gasteiger partial charge >= 0.3 is 0 Å². The number of likely N-dealkylation sites (N-methyl/N-ethyl adjacent to an activating group) is 1. The highest BCUT2D eigenvalue weighted by atomic mass is 79.9. The van der Waals surface area contributed by atoms with Gasteiger partial charge in [-0.1, -0.05) is 15.9 Å². The first-order chi connectivity index (χ1) is 12.4. The number of nitrogens with zero attached hydrogens (tertiary/aromatic N) is 3. The molecule has 1 aromatic carbocycles. The van der Waals surface area contributed by atoms with E-state index in [0.717, 1.165) is 15.6 Å². The van der Waals surface area contributed by atoms with Crippen LogP contribution in [0.3, 0.4) is 0 Å². The zero-order chi connectivity index (χ0) is 18.8. The molecule has 2 unspecified atom stereocenters. The predicted octanol–water partition coefficient (Wildman–Crippen LogP) is 1.35. The van der Waals surface area contributed by atoms with Crippen LogP contribution in [0, 0.1) is 16.7 Å². The van der Waals surface area contributed by atoms with Crippen LogP contribution in [0.2, 0.25) is 0 Å². The molecule has 7 nitrogen and oxygen atoms in total. The van der Waals surface area contributed by atoms with Gasteiger partial charge in [-0.25, -0.2) is 0 Å². The first-order valence-corrected chi connectivity index (χ1v) is 9.20. The molecule has 0 aromatic heterocycles. The third-order valence-corrected chi connectivity index (χ3v) is 6.68. The highest BCUT2D eigenvalue weighted by Gasteiger charge is 2.64. The third kappa shape index (κ3) is 2.01. The molecule has 2 aliphatic heterocycles. The quantitative estimate of drug-likeness (QED) is 0.730. The summed E-state index contributed by atoms with van der Waals surface area (Å²) in [5.74, 6) is 0.237. The van der Waals surface area contributed by atoms with Crippen molar-refractivity contribution in [3.05, 3.63) is 27.7 Å². The molecule has 0 bridgehead atoms. The minimum Gasteiger partial charge on any atom is -0.467 e. The van der Waals surface area contributed by atoms with Crippen molar-refractivity contribution in [2.24, 2.45) is 5.41 Å². The number of amides is 2. The topological polar surface area (TPSA) is 93.9 Å². The molecule has 4 rings (SSSR count). The van der Waals surface area contributed by atoms with Gasteiger partial charge in [-0.3, -0.25) is 9.59 Å². The van der Waals surface area contributed by atoms with Crippen LogP contribution in [-0.4, -0.2) is 52.6 Å². The van der Waals surface area contributed by atoms with E-state index in [4.69, 9.17) is 9.84 Å². The summed E-state index contributed by atoms with van der Waals surface area (Å²) in [6.07, 6.45) is 0.680. The number of aliphatic hydroxyl groups is 1. The number of carbonyl (C=O) groups excluding carboxylic acids is 2. The van der Waals surface area contributed by atoms with E-state index in [1.54, 1.807) is 31.0 Å². The van der Waals surface area contributed by atoms with Gasteiger partial charge in [-0.15, -0.1) is 0 Å². The van der Waals surface area contributed by atoms with Crippen LogP contribution in [0.5, 0.6) is 5.75 Å². The van der Waals surface area contributed by atoms with Crippen molar-refractivity contribution < 1.29 is 19.4 Å². The smallest absolute Gasteiger partial charge is 0.246 e. The molecule has 0 saturated carbocycles. The second kappa shape index (κ2) is 5.69. The molecule has 8 heteroatoms. The van der Waals surface area contributed by atoms with E-state index in [2.05, 4.69) is 22.0 Å². The van der Waals surface area contributed by atoms with Gasteiger partial charge in [0.05, 0.1) is 17.5 Å². The lowest BCUT2D eigenvalue weighted by atomic mass is 9.81. The van der Waals surface area contributed by atoms with Gasteiger partial charge in [-0.2, -0.15) is 5.26 Å². The zero-order valence-corrected chi connectivity index (χ0v) is 16.0. The summed E-state index contributed by atoms with van der Waals surface area (Å²) in [6.45, 7) is 1.24. The first-order valence-electron chi connectivity index (χ1n) is 8.41. The van der Waals surface area contributed by atoms with Crippen molar-refractivity contribution in [2.45, 2.75) is 37.9 Å². The lowest BCUT2D eigenvalue weighted by Gasteiger charge is -2.41. The summed E-state index contributed by atoms with van der Waals surface area (Å²) in [6, 6.07) is 4.25. The highest BCUT2D eigenvalue weighted by Crippen LogP contribution is 2.61. The summed E-state index contributed by atoms with van der Waals surface area (Å²) < 4.78 is 6.10. The highest BCUT2D eigenvalue weighted by molar-refractivity contribution is 9.10. The second-order valence-electron chi connectivity index (χ2n) is 7.15. The molecule has 2 fully saturated rings. The van der Waals surface area contributed by atoms with Crippen molar-refractivity contribution in [1.29, 1.82) is 5.26 Å². The summed E-state index contributed by atoms with van der Waals surface area (Å²) in [5, 5.41) is 19.2. The van der Waals surface area contributed by atoms with Crippen LogP contribution in [0.15, 0.2) is 16.6 Å². The maximum absolute atomic E-state index is 13.0. The Morgan fingerprint density at radius 2 is 2.15 bits per heavy atom. The van der Waals surface area contributed by atoms with Crippen LogP contribution < -0.4 is 4.74 Å². The van der Waals surface area contributed by atoms with E-state index in [-0.39, 0.29) is 11.8 Å². The Hall–Kier alpha value is -2.11. The Morgan fingerprint density at radius 1 is 1.42 bits per heavy atom. The molecule has 1 aromatic rings. The number of ether oxygens (including phenoxy) is 1. The number of hydrogen-bond acceptors (Lipinski definition) is 5. The maximum atomic E-state index is 13.0. The largest absolute Gasteiger partial charge is 0.467 e. The van der Waals surface area contributed by atoms with Crippen molar-refractivity contribution in [1.82, 2.24) is 9.80 Å². The van der Waals surface area contributed by atoms with Crippen LogP contribution in [-0.2, 0) is 16.0 Å². The zero-order valence-electron chi connectivity index (χ0n) is 14.4. The van der Waals surface area contributed by atoms with Crippen LogP contribution in [0.1, 0.15) is 30.5 Å². The minimum atomic E-state index is -0.874. The summed E-state index contributed by atoms with van der Waals surface area (Å²) in [4.78, 5) is 28.9. The normalized spacial score (nSPS) is 32.2. The molecule has 2 amide bonds. The number of piperazine rings is 1. The summed E-state index contributed by atoms with van der Waals surface area (Å²) in [5.41, 5.74) is 0.740. The molecule has 0 radical (unpaired) electrons. The lowest BCUT2D eigenvalue weighted by molar-refractivity contribution is -0.159. The monoisotopic (exact) mass is 419 g/mol. The number of halogens is 1. The van der Waals surface area contributed by atoms with Crippen LogP contribution in [0.4, 0.5) is 0 Å². The van der Waals surface area contributed by atoms with E-state index in [1.165, 1.54) is 4.90 Å². The minimum absolute atomic E-state index is 0.124. The average Bonchev–Trinajstić information content (AvgIpc) is 3.13. The van der Waals surface area contributed by atoms with Crippen LogP contribution >= 0.6 is 15.9 Å². The van der Waals surface area contributed by atoms with E-state index in [9.17, 15) is 14.9 Å². The van der Waals surface area contributed by atoms with E-state index in [1.807, 2.05) is 0 Å². The number of rotatable bonds is 2. The molecule has 1 N–H and O–H groups in total. The molecule has 1 aliphatic carbocycles.